The van der Waals surface area contributed by atoms with Crippen molar-refractivity contribution in [2.45, 2.75) is 13.8 Å². The van der Waals surface area contributed by atoms with Crippen LogP contribution in [-0.4, -0.2) is 20.9 Å². The number of nitrogens with one attached hydrogen (secondary N) is 1. The van der Waals surface area contributed by atoms with E-state index in [9.17, 15) is 4.79 Å². The van der Waals surface area contributed by atoms with Crippen LogP contribution in [0, 0.1) is 13.8 Å². The highest BCUT2D eigenvalue weighted by Crippen LogP contribution is 2.26. The molecule has 0 spiro atoms. The highest BCUT2D eigenvalue weighted by Gasteiger charge is 2.14. The summed E-state index contributed by atoms with van der Waals surface area (Å²) in [4.78, 5) is 14.4. The molecule has 1 N–H and O–H groups in total. The van der Waals surface area contributed by atoms with Crippen LogP contribution in [0.5, 0.6) is 0 Å². The number of aryl methyl sites for hydroxylation is 2. The molecule has 0 aliphatic carbocycles. The third-order valence-corrected chi connectivity index (χ3v) is 5.64. The molecule has 0 unspecified atom stereocenters. The molecule has 0 aliphatic rings. The molecule has 5 aromatic rings. The van der Waals surface area contributed by atoms with Crippen molar-refractivity contribution in [1.29, 1.82) is 0 Å². The molecule has 0 aliphatic heterocycles. The maximum Gasteiger partial charge on any atom is 0.257 e. The Hall–Kier alpha value is -3.70. The Morgan fingerprint density at radius 1 is 0.903 bits per heavy atom. The minimum atomic E-state index is -0.256. The molecule has 5 rings (SSSR count). The molecule has 0 saturated heterocycles. The number of benzene rings is 4. The second-order valence-electron chi connectivity index (χ2n) is 7.58. The fraction of sp³-hybridized carbons (Fsp3) is 0.0800. The molecule has 31 heavy (non-hydrogen) atoms. The van der Waals surface area contributed by atoms with E-state index in [1.165, 1.54) is 0 Å². The van der Waals surface area contributed by atoms with Crippen LogP contribution in [0.4, 0.5) is 5.69 Å². The van der Waals surface area contributed by atoms with Crippen LogP contribution in [0.3, 0.4) is 0 Å². The number of amides is 1. The van der Waals surface area contributed by atoms with Crippen molar-refractivity contribution in [3.05, 3.63) is 94.5 Å². The Bertz CT molecular complexity index is 1470. The van der Waals surface area contributed by atoms with E-state index in [4.69, 9.17) is 11.6 Å². The van der Waals surface area contributed by atoms with Gasteiger partial charge in [-0.05, 0) is 60.7 Å². The predicted octanol–water partition coefficient (Wildman–Crippen LogP) is 6.10. The topological polar surface area (TPSA) is 59.8 Å². The van der Waals surface area contributed by atoms with E-state index in [1.54, 1.807) is 16.9 Å². The van der Waals surface area contributed by atoms with E-state index in [0.717, 1.165) is 33.1 Å². The van der Waals surface area contributed by atoms with Gasteiger partial charge in [0.25, 0.3) is 5.91 Å². The number of anilines is 1. The highest BCUT2D eigenvalue weighted by atomic mass is 35.5. The number of aromatic nitrogens is 3. The molecule has 0 saturated carbocycles. The normalized spacial score (nSPS) is 11.2. The molecule has 1 amide bonds. The number of halogens is 1. The van der Waals surface area contributed by atoms with Gasteiger partial charge in [-0.15, -0.1) is 15.0 Å². The number of fused-ring (bicyclic) bond motifs is 2. The molecule has 0 radical (unpaired) electrons. The summed E-state index contributed by atoms with van der Waals surface area (Å²) in [5.41, 5.74) is 5.38. The van der Waals surface area contributed by atoms with Gasteiger partial charge >= 0.3 is 0 Å². The summed E-state index contributed by atoms with van der Waals surface area (Å²) < 4.78 is 0. The summed E-state index contributed by atoms with van der Waals surface area (Å²) in [6, 6.07) is 23.3. The number of carbonyl (C=O) groups is 1. The van der Waals surface area contributed by atoms with Crippen molar-refractivity contribution in [1.82, 2.24) is 15.0 Å². The molecule has 152 valence electrons. The predicted molar refractivity (Wildman–Crippen MR) is 125 cm³/mol. The minimum absolute atomic E-state index is 0.256. The number of nitrogens with zero attached hydrogens (tertiary/aromatic N) is 3. The van der Waals surface area contributed by atoms with Crippen molar-refractivity contribution in [2.75, 3.05) is 5.32 Å². The molecular formula is C25H19ClN4O. The van der Waals surface area contributed by atoms with E-state index in [2.05, 4.69) is 33.7 Å². The average Bonchev–Trinajstić information content (AvgIpc) is 3.16. The van der Waals surface area contributed by atoms with Crippen LogP contribution in [0.2, 0.25) is 5.02 Å². The maximum absolute atomic E-state index is 12.8. The lowest BCUT2D eigenvalue weighted by atomic mass is 10.1. The third-order valence-electron chi connectivity index (χ3n) is 5.33. The van der Waals surface area contributed by atoms with Crippen LogP contribution < -0.4 is 5.32 Å². The zero-order valence-electron chi connectivity index (χ0n) is 17.1. The SMILES string of the molecule is Cc1ccc(C(=O)Nc2cc3nn(-c4cccc5ccccc45)nc3cc2C)c(Cl)c1. The lowest BCUT2D eigenvalue weighted by Crippen LogP contribution is -2.13. The Kier molecular flexibility index (Phi) is 4.68. The first-order chi connectivity index (χ1) is 15.0. The summed E-state index contributed by atoms with van der Waals surface area (Å²) >= 11 is 6.26. The molecule has 4 aromatic carbocycles. The minimum Gasteiger partial charge on any atom is -0.322 e. The maximum atomic E-state index is 12.8. The molecular weight excluding hydrogens is 408 g/mol. The third kappa shape index (κ3) is 3.53. The zero-order chi connectivity index (χ0) is 21.5. The van der Waals surface area contributed by atoms with E-state index in [0.29, 0.717) is 21.8 Å². The summed E-state index contributed by atoms with van der Waals surface area (Å²) in [6.07, 6.45) is 0. The number of hydrogen-bond acceptors (Lipinski definition) is 3. The first kappa shape index (κ1) is 19.3. The van der Waals surface area contributed by atoms with E-state index >= 15 is 0 Å². The largest absolute Gasteiger partial charge is 0.322 e. The standard InChI is InChI=1S/C25H19ClN4O/c1-15-10-11-19(20(26)12-15)25(31)27-21-14-23-22(13-16(21)2)28-30(29-23)24-9-5-7-17-6-3-4-8-18(17)24/h3-14H,1-2H3,(H,27,31). The van der Waals surface area contributed by atoms with Crippen molar-refractivity contribution in [2.24, 2.45) is 0 Å². The molecule has 0 fully saturated rings. The van der Waals surface area contributed by atoms with Crippen molar-refractivity contribution < 1.29 is 4.79 Å². The Labute approximate surface area is 184 Å². The quantitative estimate of drug-likeness (QED) is 0.379. The molecule has 0 atom stereocenters. The van der Waals surface area contributed by atoms with Gasteiger partial charge < -0.3 is 5.32 Å². The van der Waals surface area contributed by atoms with E-state index < -0.39 is 0 Å². The van der Waals surface area contributed by atoms with Crippen molar-refractivity contribution in [3.63, 3.8) is 0 Å². The second kappa shape index (κ2) is 7.52. The van der Waals surface area contributed by atoms with Crippen molar-refractivity contribution >= 4 is 45.0 Å². The van der Waals surface area contributed by atoms with Gasteiger partial charge in [0.1, 0.15) is 11.0 Å². The van der Waals surface area contributed by atoms with E-state index in [-0.39, 0.29) is 5.91 Å². The number of carbonyl (C=O) groups excluding carboxylic acids is 1. The molecule has 1 heterocycles. The van der Waals surface area contributed by atoms with Gasteiger partial charge in [-0.2, -0.15) is 0 Å². The van der Waals surface area contributed by atoms with Crippen LogP contribution >= 0.6 is 11.6 Å². The molecule has 0 bridgehead atoms. The Morgan fingerprint density at radius 3 is 2.45 bits per heavy atom. The van der Waals surface area contributed by atoms with Crippen LogP contribution in [-0.2, 0) is 0 Å². The summed E-state index contributed by atoms with van der Waals surface area (Å²) in [5.74, 6) is -0.256. The number of rotatable bonds is 3. The van der Waals surface area contributed by atoms with Gasteiger partial charge in [0, 0.05) is 11.1 Å². The van der Waals surface area contributed by atoms with Gasteiger partial charge in [0.15, 0.2) is 0 Å². The Balaban J connectivity index is 1.53. The molecule has 6 heteroatoms. The van der Waals surface area contributed by atoms with Crippen LogP contribution in [0.25, 0.3) is 27.5 Å². The second-order valence-corrected chi connectivity index (χ2v) is 7.99. The smallest absolute Gasteiger partial charge is 0.257 e. The van der Waals surface area contributed by atoms with Gasteiger partial charge in [-0.25, -0.2) is 0 Å². The highest BCUT2D eigenvalue weighted by molar-refractivity contribution is 6.34. The number of hydrogen-bond donors (Lipinski definition) is 1. The average molecular weight is 427 g/mol. The molecule has 5 nitrogen and oxygen atoms in total. The Morgan fingerprint density at radius 2 is 1.65 bits per heavy atom. The lowest BCUT2D eigenvalue weighted by molar-refractivity contribution is 0.102. The monoisotopic (exact) mass is 426 g/mol. The van der Waals surface area contributed by atoms with Gasteiger partial charge in [0.2, 0.25) is 0 Å². The first-order valence-electron chi connectivity index (χ1n) is 9.93. The van der Waals surface area contributed by atoms with Gasteiger partial charge in [-0.3, -0.25) is 4.79 Å². The molecule has 1 aromatic heterocycles. The summed E-state index contributed by atoms with van der Waals surface area (Å²) in [6.45, 7) is 3.87. The summed E-state index contributed by atoms with van der Waals surface area (Å²) in [5, 5.41) is 14.9. The first-order valence-corrected chi connectivity index (χ1v) is 10.3. The fourth-order valence-electron chi connectivity index (χ4n) is 3.69. The lowest BCUT2D eigenvalue weighted by Gasteiger charge is -2.09. The zero-order valence-corrected chi connectivity index (χ0v) is 17.8. The summed E-state index contributed by atoms with van der Waals surface area (Å²) in [7, 11) is 0. The van der Waals surface area contributed by atoms with Gasteiger partial charge in [0.05, 0.1) is 16.3 Å². The van der Waals surface area contributed by atoms with E-state index in [1.807, 2.05) is 56.3 Å². The van der Waals surface area contributed by atoms with Crippen LogP contribution in [0.15, 0.2) is 72.8 Å². The van der Waals surface area contributed by atoms with Crippen LogP contribution in [0.1, 0.15) is 21.5 Å². The van der Waals surface area contributed by atoms with Crippen molar-refractivity contribution in [3.8, 4) is 5.69 Å². The van der Waals surface area contributed by atoms with Gasteiger partial charge in [-0.1, -0.05) is 54.1 Å². The fourth-order valence-corrected chi connectivity index (χ4v) is 4.01.